The minimum atomic E-state index is -1.01. The molecule has 0 spiro atoms. The molecule has 0 aliphatic heterocycles. The molecule has 2 aromatic heterocycles. The van der Waals surface area contributed by atoms with Crippen LogP contribution >= 0.6 is 23.1 Å². The lowest BCUT2D eigenvalue weighted by molar-refractivity contribution is 0.0692. The van der Waals surface area contributed by atoms with Crippen LogP contribution in [-0.4, -0.2) is 26.3 Å². The Morgan fingerprint density at radius 2 is 2.33 bits per heavy atom. The van der Waals surface area contributed by atoms with Crippen molar-refractivity contribution in [1.82, 2.24) is 15.2 Å². The third kappa shape index (κ3) is 2.31. The van der Waals surface area contributed by atoms with Gasteiger partial charge in [-0.25, -0.2) is 9.78 Å². The maximum absolute atomic E-state index is 10.9. The summed E-state index contributed by atoms with van der Waals surface area (Å²) >= 11 is 2.63. The summed E-state index contributed by atoms with van der Waals surface area (Å²) in [5.74, 6) is -1.01. The molecule has 2 rings (SSSR count). The highest BCUT2D eigenvalue weighted by atomic mass is 32.2. The van der Waals surface area contributed by atoms with Crippen LogP contribution in [0, 0.1) is 0 Å². The van der Waals surface area contributed by atoms with Gasteiger partial charge in [0.15, 0.2) is 4.34 Å². The van der Waals surface area contributed by atoms with Gasteiger partial charge in [-0.2, -0.15) is 5.10 Å². The number of carboxylic acid groups (broad SMARTS) is 1. The summed E-state index contributed by atoms with van der Waals surface area (Å²) in [6.45, 7) is 0. The van der Waals surface area contributed by atoms with E-state index in [2.05, 4.69) is 15.2 Å². The smallest absolute Gasteiger partial charge is 0.338 e. The Morgan fingerprint density at radius 3 is 3.00 bits per heavy atom. The Labute approximate surface area is 93.2 Å². The van der Waals surface area contributed by atoms with Crippen LogP contribution in [0.4, 0.5) is 0 Å². The van der Waals surface area contributed by atoms with Gasteiger partial charge in [-0.15, -0.1) is 16.4 Å². The molecular formula is C8H5N3O2S2. The fraction of sp³-hybridized carbons (Fsp3) is 0. The normalized spacial score (nSPS) is 10.1. The van der Waals surface area contributed by atoms with Gasteiger partial charge in [0, 0.05) is 11.6 Å². The van der Waals surface area contributed by atoms with Crippen molar-refractivity contribution < 1.29 is 9.90 Å². The summed E-state index contributed by atoms with van der Waals surface area (Å²) in [4.78, 5) is 14.9. The van der Waals surface area contributed by atoms with Gasteiger partial charge in [0.2, 0.25) is 0 Å². The number of nitrogens with zero attached hydrogens (tertiary/aromatic N) is 3. The quantitative estimate of drug-likeness (QED) is 0.879. The maximum atomic E-state index is 10.9. The third-order valence-electron chi connectivity index (χ3n) is 1.51. The Balaban J connectivity index is 2.32. The van der Waals surface area contributed by atoms with Crippen molar-refractivity contribution >= 4 is 29.1 Å². The molecule has 0 fully saturated rings. The van der Waals surface area contributed by atoms with Crippen LogP contribution in [0.15, 0.2) is 33.2 Å². The van der Waals surface area contributed by atoms with Crippen molar-refractivity contribution in [3.63, 3.8) is 0 Å². The second-order valence-corrected chi connectivity index (χ2v) is 4.59. The van der Waals surface area contributed by atoms with Gasteiger partial charge in [-0.1, -0.05) is 0 Å². The zero-order chi connectivity index (χ0) is 10.7. The molecule has 0 aliphatic carbocycles. The van der Waals surface area contributed by atoms with Crippen LogP contribution in [0.1, 0.15) is 10.4 Å². The van der Waals surface area contributed by atoms with E-state index in [0.29, 0.717) is 5.03 Å². The van der Waals surface area contributed by atoms with Gasteiger partial charge >= 0.3 is 5.97 Å². The highest BCUT2D eigenvalue weighted by molar-refractivity contribution is 8.01. The Bertz CT molecular complexity index is 472. The van der Waals surface area contributed by atoms with Gasteiger partial charge in [-0.3, -0.25) is 0 Å². The lowest BCUT2D eigenvalue weighted by Gasteiger charge is -1.99. The minimum Gasteiger partial charge on any atom is -0.478 e. The highest BCUT2D eigenvalue weighted by Gasteiger charge is 2.13. The first-order chi connectivity index (χ1) is 7.27. The zero-order valence-electron chi connectivity index (χ0n) is 7.32. The van der Waals surface area contributed by atoms with E-state index in [-0.39, 0.29) is 5.56 Å². The molecule has 0 radical (unpaired) electrons. The summed E-state index contributed by atoms with van der Waals surface area (Å²) in [6.07, 6.45) is 3.01. The molecule has 0 aliphatic rings. The fourth-order valence-electron chi connectivity index (χ4n) is 0.900. The molecule has 2 heterocycles. The van der Waals surface area contributed by atoms with Crippen molar-refractivity contribution in [2.45, 2.75) is 9.37 Å². The number of carbonyl (C=O) groups is 1. The zero-order valence-corrected chi connectivity index (χ0v) is 8.96. The van der Waals surface area contributed by atoms with Crippen molar-refractivity contribution in [2.75, 3.05) is 0 Å². The third-order valence-corrected chi connectivity index (χ3v) is 3.39. The Hall–Kier alpha value is -1.47. The summed E-state index contributed by atoms with van der Waals surface area (Å²) in [5.41, 5.74) is 0.144. The monoisotopic (exact) mass is 239 g/mol. The average molecular weight is 239 g/mol. The number of aromatic carboxylic acids is 1. The minimum absolute atomic E-state index is 0.144. The summed E-state index contributed by atoms with van der Waals surface area (Å²) in [6, 6.07) is 1.42. The van der Waals surface area contributed by atoms with Gasteiger partial charge < -0.3 is 5.11 Å². The first kappa shape index (κ1) is 10.1. The Morgan fingerprint density at radius 1 is 1.47 bits per heavy atom. The molecular weight excluding hydrogens is 234 g/mol. The molecule has 0 bridgehead atoms. The molecule has 0 unspecified atom stereocenters. The fourth-order valence-corrected chi connectivity index (χ4v) is 2.49. The number of thiazole rings is 1. The van der Waals surface area contributed by atoms with E-state index >= 15 is 0 Å². The number of hydrogen-bond acceptors (Lipinski definition) is 6. The predicted molar refractivity (Wildman–Crippen MR) is 55.2 cm³/mol. The molecule has 0 amide bonds. The average Bonchev–Trinajstić information content (AvgIpc) is 2.71. The van der Waals surface area contributed by atoms with E-state index in [1.807, 2.05) is 5.38 Å². The van der Waals surface area contributed by atoms with Crippen LogP contribution in [-0.2, 0) is 0 Å². The van der Waals surface area contributed by atoms with Crippen LogP contribution in [0.3, 0.4) is 0 Å². The standard InChI is InChI=1S/C8H5N3O2S2/c12-7(13)5-1-2-10-11-6(5)15-8-9-3-4-14-8/h1-4H,(H,12,13). The number of hydrogen-bond donors (Lipinski definition) is 1. The van der Waals surface area contributed by atoms with E-state index in [0.717, 1.165) is 4.34 Å². The number of aromatic nitrogens is 3. The topological polar surface area (TPSA) is 76.0 Å². The molecule has 0 saturated heterocycles. The van der Waals surface area contributed by atoms with E-state index in [1.165, 1.54) is 35.4 Å². The lowest BCUT2D eigenvalue weighted by Crippen LogP contribution is -2.01. The van der Waals surface area contributed by atoms with Crippen molar-refractivity contribution in [1.29, 1.82) is 0 Å². The highest BCUT2D eigenvalue weighted by Crippen LogP contribution is 2.29. The molecule has 5 nitrogen and oxygen atoms in total. The van der Waals surface area contributed by atoms with Crippen LogP contribution in [0.5, 0.6) is 0 Å². The van der Waals surface area contributed by atoms with Gasteiger partial charge in [0.05, 0.1) is 11.8 Å². The van der Waals surface area contributed by atoms with E-state index in [1.54, 1.807) is 6.20 Å². The van der Waals surface area contributed by atoms with Crippen molar-refractivity contribution in [3.8, 4) is 0 Å². The molecule has 0 atom stereocenters. The van der Waals surface area contributed by atoms with Crippen molar-refractivity contribution in [3.05, 3.63) is 29.4 Å². The lowest BCUT2D eigenvalue weighted by atomic mass is 10.3. The second kappa shape index (κ2) is 4.37. The van der Waals surface area contributed by atoms with Gasteiger partial charge in [0.25, 0.3) is 0 Å². The first-order valence-corrected chi connectivity index (χ1v) is 5.59. The second-order valence-electron chi connectivity index (χ2n) is 2.46. The summed E-state index contributed by atoms with van der Waals surface area (Å²) in [7, 11) is 0. The van der Waals surface area contributed by atoms with Crippen molar-refractivity contribution in [2.24, 2.45) is 0 Å². The molecule has 0 saturated carbocycles. The van der Waals surface area contributed by atoms with Gasteiger partial charge in [-0.05, 0) is 17.8 Å². The number of carboxylic acids is 1. The largest absolute Gasteiger partial charge is 0.478 e. The van der Waals surface area contributed by atoms with Crippen LogP contribution in [0.2, 0.25) is 0 Å². The summed E-state index contributed by atoms with van der Waals surface area (Å²) < 4.78 is 0.748. The predicted octanol–water partition coefficient (Wildman–Crippen LogP) is 1.78. The maximum Gasteiger partial charge on any atom is 0.338 e. The van der Waals surface area contributed by atoms with Crippen LogP contribution < -0.4 is 0 Å². The summed E-state index contributed by atoms with van der Waals surface area (Å²) in [5, 5.41) is 18.5. The molecule has 0 aromatic carbocycles. The SMILES string of the molecule is O=C(O)c1ccnnc1Sc1nccs1. The van der Waals surface area contributed by atoms with Crippen LogP contribution in [0.25, 0.3) is 0 Å². The molecule has 15 heavy (non-hydrogen) atoms. The molecule has 2 aromatic rings. The van der Waals surface area contributed by atoms with Gasteiger partial charge in [0.1, 0.15) is 5.03 Å². The molecule has 1 N–H and O–H groups in total. The molecule has 7 heteroatoms. The molecule has 76 valence electrons. The Kier molecular flexibility index (Phi) is 2.93. The van der Waals surface area contributed by atoms with E-state index in [4.69, 9.17) is 5.11 Å². The van der Waals surface area contributed by atoms with E-state index in [9.17, 15) is 4.79 Å². The first-order valence-electron chi connectivity index (χ1n) is 3.89. The van der Waals surface area contributed by atoms with E-state index < -0.39 is 5.97 Å². The number of rotatable bonds is 3.